The number of halogens is 2. The molecule has 1 amide bonds. The van der Waals surface area contributed by atoms with Crippen LogP contribution in [-0.4, -0.2) is 33.9 Å². The van der Waals surface area contributed by atoms with E-state index < -0.39 is 29.4 Å². The minimum atomic E-state index is -1.10. The van der Waals surface area contributed by atoms with Gasteiger partial charge in [0.25, 0.3) is 5.78 Å². The van der Waals surface area contributed by atoms with Crippen molar-refractivity contribution in [1.29, 1.82) is 0 Å². The molecule has 0 saturated carbocycles. The molecule has 1 aromatic heterocycles. The number of ether oxygens (including phenoxy) is 1. The molecule has 2 heterocycles. The second kappa shape index (κ2) is 8.81. The van der Waals surface area contributed by atoms with Gasteiger partial charge >= 0.3 is 5.91 Å². The van der Waals surface area contributed by atoms with Gasteiger partial charge in [0.15, 0.2) is 11.6 Å². The number of aromatic nitrogens is 2. The van der Waals surface area contributed by atoms with Crippen molar-refractivity contribution >= 4 is 45.2 Å². The van der Waals surface area contributed by atoms with Crippen molar-refractivity contribution in [1.82, 2.24) is 9.97 Å². The first kappa shape index (κ1) is 23.4. The van der Waals surface area contributed by atoms with Gasteiger partial charge in [-0.1, -0.05) is 48.5 Å². The monoisotopic (exact) mass is 511 g/mol. The first-order valence-electron chi connectivity index (χ1n) is 11.6. The van der Waals surface area contributed by atoms with Crippen LogP contribution in [0.15, 0.2) is 84.4 Å². The van der Waals surface area contributed by atoms with Crippen molar-refractivity contribution in [3.8, 4) is 5.75 Å². The zero-order valence-electron chi connectivity index (χ0n) is 19.9. The molecular formula is C29H19F2N3O4. The number of imidazole rings is 1. The average Bonchev–Trinajstić information content (AvgIpc) is 3.45. The minimum absolute atomic E-state index is 0.0692. The highest BCUT2D eigenvalue weighted by Gasteiger charge is 2.48. The van der Waals surface area contributed by atoms with E-state index in [9.17, 15) is 23.5 Å². The quantitative estimate of drug-likeness (QED) is 0.185. The van der Waals surface area contributed by atoms with Gasteiger partial charge < -0.3 is 14.8 Å². The standard InChI is InChI=1S/C29H19F2N3O4/c1-38-19-8-4-7-17(12-19)25-24(26(35)18-10-9-15-5-2-3-6-16(15)11-18)27(36)28(37)34(25)29-32-22-13-20(30)21(31)14-23(22)33-29/h2-14,25,35H,1H3,(H,32,33)/b26-24+. The molecule has 38 heavy (non-hydrogen) atoms. The number of benzene rings is 4. The molecule has 5 aromatic rings. The summed E-state index contributed by atoms with van der Waals surface area (Å²) in [5.41, 5.74) is 0.864. The highest BCUT2D eigenvalue weighted by atomic mass is 19.2. The number of Topliss-reactive ketones (excluding diaryl/α,β-unsaturated/α-hetero) is 1. The summed E-state index contributed by atoms with van der Waals surface area (Å²) in [6, 6.07) is 20.2. The third-order valence-electron chi connectivity index (χ3n) is 6.62. The van der Waals surface area contributed by atoms with E-state index in [1.165, 1.54) is 7.11 Å². The van der Waals surface area contributed by atoms with E-state index in [-0.39, 0.29) is 28.3 Å². The van der Waals surface area contributed by atoms with Crippen molar-refractivity contribution in [2.45, 2.75) is 6.04 Å². The number of hydrogen-bond acceptors (Lipinski definition) is 5. The number of H-pyrrole nitrogens is 1. The van der Waals surface area contributed by atoms with Crippen LogP contribution >= 0.6 is 0 Å². The number of nitrogens with one attached hydrogen (secondary N) is 1. The number of aromatic amines is 1. The lowest BCUT2D eigenvalue weighted by Gasteiger charge is -2.23. The van der Waals surface area contributed by atoms with E-state index in [1.54, 1.807) is 36.4 Å². The Morgan fingerprint density at radius 2 is 1.71 bits per heavy atom. The zero-order chi connectivity index (χ0) is 26.6. The predicted octanol–water partition coefficient (Wildman–Crippen LogP) is 5.63. The lowest BCUT2D eigenvalue weighted by molar-refractivity contribution is -0.132. The van der Waals surface area contributed by atoms with Crippen molar-refractivity contribution < 1.29 is 28.2 Å². The third-order valence-corrected chi connectivity index (χ3v) is 6.62. The summed E-state index contributed by atoms with van der Waals surface area (Å²) in [5.74, 6) is -4.07. The number of aliphatic hydroxyl groups excluding tert-OH is 1. The molecule has 9 heteroatoms. The maximum atomic E-state index is 13.9. The molecule has 188 valence electrons. The number of ketones is 1. The van der Waals surface area contributed by atoms with Crippen LogP contribution < -0.4 is 9.64 Å². The Bertz CT molecular complexity index is 1770. The Morgan fingerprint density at radius 3 is 2.50 bits per heavy atom. The van der Waals surface area contributed by atoms with Crippen molar-refractivity contribution in [2.75, 3.05) is 12.0 Å². The number of methoxy groups -OCH3 is 1. The van der Waals surface area contributed by atoms with Gasteiger partial charge in [-0.25, -0.2) is 13.8 Å². The Kier molecular flexibility index (Phi) is 5.41. The molecule has 1 aliphatic rings. The normalized spacial score (nSPS) is 17.0. The van der Waals surface area contributed by atoms with E-state index in [0.717, 1.165) is 27.8 Å². The van der Waals surface area contributed by atoms with E-state index in [0.29, 0.717) is 16.9 Å². The summed E-state index contributed by atoms with van der Waals surface area (Å²) in [6.45, 7) is 0. The molecule has 0 radical (unpaired) electrons. The number of carbonyl (C=O) groups excluding carboxylic acids is 2. The van der Waals surface area contributed by atoms with E-state index >= 15 is 0 Å². The molecular weight excluding hydrogens is 492 g/mol. The van der Waals surface area contributed by atoms with Crippen molar-refractivity contribution in [3.63, 3.8) is 0 Å². The van der Waals surface area contributed by atoms with Gasteiger partial charge in [0.1, 0.15) is 11.5 Å². The maximum Gasteiger partial charge on any atom is 0.302 e. The summed E-state index contributed by atoms with van der Waals surface area (Å²) in [4.78, 5) is 35.0. The fourth-order valence-electron chi connectivity index (χ4n) is 4.78. The van der Waals surface area contributed by atoms with Crippen LogP contribution in [0.2, 0.25) is 0 Å². The van der Waals surface area contributed by atoms with Crippen LogP contribution in [0.5, 0.6) is 5.75 Å². The summed E-state index contributed by atoms with van der Waals surface area (Å²) in [6.07, 6.45) is 0. The summed E-state index contributed by atoms with van der Waals surface area (Å²) < 4.78 is 33.0. The number of aliphatic hydroxyl groups is 1. The Balaban J connectivity index is 1.58. The molecule has 0 spiro atoms. The number of hydrogen-bond donors (Lipinski definition) is 2. The summed E-state index contributed by atoms with van der Waals surface area (Å²) >= 11 is 0. The van der Waals surface area contributed by atoms with Gasteiger partial charge in [0, 0.05) is 17.7 Å². The van der Waals surface area contributed by atoms with Gasteiger partial charge in [0.05, 0.1) is 29.8 Å². The second-order valence-corrected chi connectivity index (χ2v) is 8.85. The fraction of sp³-hybridized carbons (Fsp3) is 0.0690. The molecule has 6 rings (SSSR count). The SMILES string of the molecule is COc1cccc(C2/C(=C(\O)c3ccc4ccccc4c3)C(=O)C(=O)N2c2nc3cc(F)c(F)cc3[nH]2)c1. The van der Waals surface area contributed by atoms with Gasteiger partial charge in [-0.3, -0.25) is 14.5 Å². The smallest absolute Gasteiger partial charge is 0.302 e. The lowest BCUT2D eigenvalue weighted by Crippen LogP contribution is -2.30. The number of carbonyl (C=O) groups is 2. The summed E-state index contributed by atoms with van der Waals surface area (Å²) in [5, 5.41) is 13.2. The Labute approximate surface area is 214 Å². The molecule has 2 N–H and O–H groups in total. The van der Waals surface area contributed by atoms with Gasteiger partial charge in [-0.05, 0) is 34.5 Å². The van der Waals surface area contributed by atoms with Gasteiger partial charge in [-0.15, -0.1) is 0 Å². The maximum absolute atomic E-state index is 13.9. The third kappa shape index (κ3) is 3.67. The van der Waals surface area contributed by atoms with Gasteiger partial charge in [0.2, 0.25) is 5.95 Å². The molecule has 1 unspecified atom stereocenters. The molecule has 1 saturated heterocycles. The average molecular weight is 511 g/mol. The van der Waals surface area contributed by atoms with E-state index in [1.807, 2.05) is 30.3 Å². The van der Waals surface area contributed by atoms with Crippen LogP contribution in [-0.2, 0) is 9.59 Å². The number of rotatable bonds is 4. The van der Waals surface area contributed by atoms with Crippen molar-refractivity contribution in [2.24, 2.45) is 0 Å². The largest absolute Gasteiger partial charge is 0.507 e. The fourth-order valence-corrected chi connectivity index (χ4v) is 4.78. The highest BCUT2D eigenvalue weighted by Crippen LogP contribution is 2.42. The number of nitrogens with zero attached hydrogens (tertiary/aromatic N) is 2. The number of amides is 1. The molecule has 0 bridgehead atoms. The molecule has 1 atom stereocenters. The Morgan fingerprint density at radius 1 is 0.947 bits per heavy atom. The van der Waals surface area contributed by atoms with E-state index in [4.69, 9.17) is 4.74 Å². The first-order chi connectivity index (χ1) is 18.4. The zero-order valence-corrected chi connectivity index (χ0v) is 19.9. The van der Waals surface area contributed by atoms with E-state index in [2.05, 4.69) is 9.97 Å². The summed E-state index contributed by atoms with van der Waals surface area (Å²) in [7, 11) is 1.48. The molecule has 7 nitrogen and oxygen atoms in total. The minimum Gasteiger partial charge on any atom is -0.507 e. The van der Waals surface area contributed by atoms with Gasteiger partial charge in [-0.2, -0.15) is 0 Å². The van der Waals surface area contributed by atoms with Crippen molar-refractivity contribution in [3.05, 3.63) is 107 Å². The van der Waals surface area contributed by atoms with Crippen LogP contribution in [0.4, 0.5) is 14.7 Å². The molecule has 1 fully saturated rings. The van der Waals surface area contributed by atoms with Crippen LogP contribution in [0.3, 0.4) is 0 Å². The van der Waals surface area contributed by atoms with Crippen LogP contribution in [0.25, 0.3) is 27.6 Å². The Hall–Kier alpha value is -5.05. The van der Waals surface area contributed by atoms with Crippen LogP contribution in [0.1, 0.15) is 17.2 Å². The predicted molar refractivity (Wildman–Crippen MR) is 138 cm³/mol. The second-order valence-electron chi connectivity index (χ2n) is 8.85. The number of fused-ring (bicyclic) bond motifs is 2. The number of anilines is 1. The molecule has 0 aliphatic carbocycles. The first-order valence-corrected chi connectivity index (χ1v) is 11.6. The topological polar surface area (TPSA) is 95.5 Å². The molecule has 1 aliphatic heterocycles. The lowest BCUT2D eigenvalue weighted by atomic mass is 9.94. The van der Waals surface area contributed by atoms with Crippen LogP contribution in [0, 0.1) is 11.6 Å². The molecule has 4 aromatic carbocycles. The highest BCUT2D eigenvalue weighted by molar-refractivity contribution is 6.51.